The summed E-state index contributed by atoms with van der Waals surface area (Å²) in [7, 11) is 0. The quantitative estimate of drug-likeness (QED) is 0.401. The molecule has 0 fully saturated rings. The number of hydrogen-bond donors (Lipinski definition) is 3. The lowest BCUT2D eigenvalue weighted by Gasteiger charge is -2.43. The molecule has 7 nitrogen and oxygen atoms in total. The highest BCUT2D eigenvalue weighted by Gasteiger charge is 2.41. The molecule has 202 valence electrons. The lowest BCUT2D eigenvalue weighted by Crippen LogP contribution is -2.58. The first-order valence-corrected chi connectivity index (χ1v) is 13.1. The van der Waals surface area contributed by atoms with Gasteiger partial charge in [0.15, 0.2) is 0 Å². The average molecular weight is 528 g/mol. The third kappa shape index (κ3) is 8.25. The second-order valence-electron chi connectivity index (χ2n) is 11.3. The van der Waals surface area contributed by atoms with E-state index in [0.717, 1.165) is 16.7 Å². The molecule has 2 atom stereocenters. The molecule has 0 spiro atoms. The number of anilines is 1. The van der Waals surface area contributed by atoms with Crippen molar-refractivity contribution in [2.75, 3.05) is 11.1 Å². The van der Waals surface area contributed by atoms with Crippen molar-refractivity contribution < 1.29 is 19.1 Å². The van der Waals surface area contributed by atoms with E-state index in [1.165, 1.54) is 4.90 Å². The molecule has 0 heterocycles. The van der Waals surface area contributed by atoms with Crippen LogP contribution >= 0.6 is 12.6 Å². The Kier molecular flexibility index (Phi) is 9.83. The van der Waals surface area contributed by atoms with Gasteiger partial charge in [0.2, 0.25) is 5.91 Å². The summed E-state index contributed by atoms with van der Waals surface area (Å²) >= 11 is 4.34. The molecule has 3 amide bonds. The maximum absolute atomic E-state index is 14.0. The van der Waals surface area contributed by atoms with Gasteiger partial charge in [0, 0.05) is 17.0 Å². The van der Waals surface area contributed by atoms with Crippen molar-refractivity contribution in [2.24, 2.45) is 0 Å². The second-order valence-corrected chi connectivity index (χ2v) is 11.7. The number of aryl methyl sites for hydroxylation is 3. The van der Waals surface area contributed by atoms with Gasteiger partial charge in [-0.2, -0.15) is 12.6 Å². The van der Waals surface area contributed by atoms with Crippen LogP contribution in [0.4, 0.5) is 10.5 Å². The lowest BCUT2D eigenvalue weighted by atomic mass is 9.93. The maximum Gasteiger partial charge on any atom is 0.408 e. The number of rotatable bonds is 7. The van der Waals surface area contributed by atoms with Crippen LogP contribution in [0.15, 0.2) is 42.5 Å². The Hall–Kier alpha value is -3.00. The highest BCUT2D eigenvalue weighted by molar-refractivity contribution is 7.80. The number of benzene rings is 2. The fourth-order valence-corrected chi connectivity index (χ4v) is 4.16. The van der Waals surface area contributed by atoms with E-state index in [4.69, 9.17) is 4.74 Å². The van der Waals surface area contributed by atoms with Crippen molar-refractivity contribution in [3.8, 4) is 0 Å². The Morgan fingerprint density at radius 3 is 2.05 bits per heavy atom. The number of para-hydroxylation sites is 1. The maximum atomic E-state index is 14.0. The van der Waals surface area contributed by atoms with E-state index in [1.54, 1.807) is 20.8 Å². The van der Waals surface area contributed by atoms with Crippen molar-refractivity contribution in [1.29, 1.82) is 0 Å². The summed E-state index contributed by atoms with van der Waals surface area (Å²) < 4.78 is 5.37. The molecule has 0 aliphatic carbocycles. The molecule has 37 heavy (non-hydrogen) atoms. The summed E-state index contributed by atoms with van der Waals surface area (Å²) in [5.41, 5.74) is 2.82. The first-order chi connectivity index (χ1) is 17.0. The summed E-state index contributed by atoms with van der Waals surface area (Å²) in [5, 5.41) is 5.65. The number of ether oxygens (including phenoxy) is 1. The van der Waals surface area contributed by atoms with E-state index >= 15 is 0 Å². The predicted octanol–water partition coefficient (Wildman–Crippen LogP) is 5.74. The molecule has 0 aliphatic rings. The van der Waals surface area contributed by atoms with Crippen molar-refractivity contribution in [3.05, 3.63) is 64.7 Å². The zero-order valence-electron chi connectivity index (χ0n) is 23.4. The highest BCUT2D eigenvalue weighted by Crippen LogP contribution is 2.32. The molecule has 0 radical (unpaired) electrons. The smallest absolute Gasteiger partial charge is 0.408 e. The number of thiol groups is 1. The zero-order chi connectivity index (χ0) is 28.1. The third-order valence-corrected chi connectivity index (χ3v) is 6.25. The summed E-state index contributed by atoms with van der Waals surface area (Å²) in [5.74, 6) is -0.753. The van der Waals surface area contributed by atoms with Gasteiger partial charge < -0.3 is 20.3 Å². The summed E-state index contributed by atoms with van der Waals surface area (Å²) in [6.45, 7) is 16.7. The fraction of sp³-hybridized carbons (Fsp3) is 0.483. The van der Waals surface area contributed by atoms with Gasteiger partial charge in [0.25, 0.3) is 5.91 Å². The molecule has 2 rings (SSSR count). The van der Waals surface area contributed by atoms with E-state index in [2.05, 4.69) is 23.3 Å². The topological polar surface area (TPSA) is 87.7 Å². The summed E-state index contributed by atoms with van der Waals surface area (Å²) in [4.78, 5) is 42.0. The van der Waals surface area contributed by atoms with Crippen LogP contribution in [0.25, 0.3) is 0 Å². The molecular weight excluding hydrogens is 486 g/mol. The number of carbonyl (C=O) groups is 3. The van der Waals surface area contributed by atoms with Crippen LogP contribution in [-0.2, 0) is 14.3 Å². The first-order valence-electron chi connectivity index (χ1n) is 12.4. The molecule has 0 aromatic heterocycles. The lowest BCUT2D eigenvalue weighted by molar-refractivity contribution is -0.146. The predicted molar refractivity (Wildman–Crippen MR) is 152 cm³/mol. The van der Waals surface area contributed by atoms with Crippen LogP contribution < -0.4 is 10.6 Å². The van der Waals surface area contributed by atoms with Crippen LogP contribution in [0.3, 0.4) is 0 Å². The second kappa shape index (κ2) is 12.0. The Morgan fingerprint density at radius 2 is 1.54 bits per heavy atom. The number of nitrogens with one attached hydrogen (secondary N) is 2. The van der Waals surface area contributed by atoms with E-state index in [-0.39, 0.29) is 11.7 Å². The molecule has 2 aromatic carbocycles. The van der Waals surface area contributed by atoms with Gasteiger partial charge in [-0.25, -0.2) is 4.79 Å². The molecule has 8 heteroatoms. The average Bonchev–Trinajstić information content (AvgIpc) is 2.76. The normalized spacial score (nSPS) is 13.4. The number of amides is 3. The number of hydrogen-bond acceptors (Lipinski definition) is 5. The summed E-state index contributed by atoms with van der Waals surface area (Å²) in [6, 6.07) is 11.3. The van der Waals surface area contributed by atoms with Gasteiger partial charge in [0.1, 0.15) is 17.7 Å². The minimum absolute atomic E-state index is 0.0315. The zero-order valence-corrected chi connectivity index (χ0v) is 24.3. The number of alkyl carbamates (subject to hydrolysis) is 1. The molecule has 2 unspecified atom stereocenters. The third-order valence-electron chi connectivity index (χ3n) is 5.89. The molecular formula is C29H41N3O4S. The Labute approximate surface area is 226 Å². The fourth-order valence-electron chi connectivity index (χ4n) is 3.91. The molecule has 0 bridgehead atoms. The van der Waals surface area contributed by atoms with Gasteiger partial charge in [-0.3, -0.25) is 9.59 Å². The van der Waals surface area contributed by atoms with Crippen LogP contribution in [0.2, 0.25) is 0 Å². The van der Waals surface area contributed by atoms with Gasteiger partial charge in [0.05, 0.1) is 0 Å². The number of carbonyl (C=O) groups excluding carboxylic acids is 3. The summed E-state index contributed by atoms with van der Waals surface area (Å²) in [6.07, 6.45) is -0.721. The monoisotopic (exact) mass is 527 g/mol. The van der Waals surface area contributed by atoms with E-state index in [0.29, 0.717) is 11.3 Å². The highest BCUT2D eigenvalue weighted by atomic mass is 32.1. The van der Waals surface area contributed by atoms with Gasteiger partial charge in [-0.15, -0.1) is 0 Å². The van der Waals surface area contributed by atoms with Crippen molar-refractivity contribution in [2.45, 2.75) is 85.5 Å². The van der Waals surface area contributed by atoms with Crippen molar-refractivity contribution in [3.63, 3.8) is 0 Å². The first kappa shape index (κ1) is 30.2. The van der Waals surface area contributed by atoms with Gasteiger partial charge >= 0.3 is 6.09 Å². The Bertz CT molecular complexity index is 1130. The van der Waals surface area contributed by atoms with E-state index in [1.807, 2.05) is 84.0 Å². The van der Waals surface area contributed by atoms with E-state index < -0.39 is 35.2 Å². The molecule has 2 N–H and O–H groups in total. The van der Waals surface area contributed by atoms with Crippen LogP contribution in [0.1, 0.15) is 69.8 Å². The Balaban J connectivity index is 2.58. The minimum Gasteiger partial charge on any atom is -0.444 e. The molecule has 2 aromatic rings. The SMILES string of the molecule is Cc1ccc(C(C(=O)Nc2ccccc2C)N(C(=O)C(CS)NC(=O)OC(C)(C)C)C(C)(C)C)cc1C. The van der Waals surface area contributed by atoms with Crippen LogP contribution in [0, 0.1) is 20.8 Å². The van der Waals surface area contributed by atoms with Crippen LogP contribution in [-0.4, -0.2) is 45.7 Å². The number of nitrogens with zero attached hydrogens (tertiary/aromatic N) is 1. The van der Waals surface area contributed by atoms with Gasteiger partial charge in [-0.1, -0.05) is 36.4 Å². The minimum atomic E-state index is -1.00. The van der Waals surface area contributed by atoms with Crippen molar-refractivity contribution >= 4 is 36.2 Å². The van der Waals surface area contributed by atoms with Gasteiger partial charge in [-0.05, 0) is 90.6 Å². The van der Waals surface area contributed by atoms with Crippen LogP contribution in [0.5, 0.6) is 0 Å². The largest absolute Gasteiger partial charge is 0.444 e. The van der Waals surface area contributed by atoms with Crippen molar-refractivity contribution in [1.82, 2.24) is 10.2 Å². The standard InChI is InChI=1S/C29H41N3O4S/c1-18-14-15-21(16-20(18)3)24(25(33)30-22-13-11-10-12-19(22)2)32(28(4,5)6)26(34)23(17-37)31-27(35)36-29(7,8)9/h10-16,23-24,37H,17H2,1-9H3,(H,30,33)(H,31,35). The Morgan fingerprint density at radius 1 is 0.919 bits per heavy atom. The molecule has 0 saturated heterocycles. The molecule has 0 aliphatic heterocycles. The molecule has 0 saturated carbocycles. The van der Waals surface area contributed by atoms with E-state index in [9.17, 15) is 14.4 Å².